The minimum Gasteiger partial charge on any atom is -0.448 e. The Balaban J connectivity index is 0. The van der Waals surface area contributed by atoms with Crippen molar-refractivity contribution in [3.8, 4) is 0 Å². The van der Waals surface area contributed by atoms with Crippen LogP contribution in [0.4, 0.5) is 4.79 Å². The SMILES string of the molecule is CCOC(=O)n1cccn1.Cl.Cl. The molecule has 1 heterocycles. The number of carbonyl (C=O) groups excluding carboxylic acids is 1. The van der Waals surface area contributed by atoms with Gasteiger partial charge < -0.3 is 4.74 Å². The van der Waals surface area contributed by atoms with Gasteiger partial charge in [0.2, 0.25) is 0 Å². The second-order valence-corrected chi connectivity index (χ2v) is 1.65. The summed E-state index contributed by atoms with van der Waals surface area (Å²) in [6.07, 6.45) is 2.63. The maximum absolute atomic E-state index is 10.8. The zero-order valence-electron chi connectivity index (χ0n) is 6.47. The molecule has 1 aromatic rings. The highest BCUT2D eigenvalue weighted by molar-refractivity contribution is 5.85. The summed E-state index contributed by atoms with van der Waals surface area (Å²) < 4.78 is 5.79. The van der Waals surface area contributed by atoms with Crippen LogP contribution in [-0.4, -0.2) is 22.5 Å². The summed E-state index contributed by atoms with van der Waals surface area (Å²) in [5.74, 6) is 0. The van der Waals surface area contributed by atoms with Crippen molar-refractivity contribution in [3.63, 3.8) is 0 Å². The van der Waals surface area contributed by atoms with Gasteiger partial charge in [-0.1, -0.05) is 0 Å². The van der Waals surface area contributed by atoms with Crippen molar-refractivity contribution in [2.45, 2.75) is 6.92 Å². The van der Waals surface area contributed by atoms with E-state index in [-0.39, 0.29) is 24.8 Å². The topological polar surface area (TPSA) is 44.1 Å². The summed E-state index contributed by atoms with van der Waals surface area (Å²) in [5.41, 5.74) is 0. The largest absolute Gasteiger partial charge is 0.448 e. The molecular weight excluding hydrogens is 203 g/mol. The molecule has 0 atom stereocenters. The molecule has 70 valence electrons. The molecule has 0 radical (unpaired) electrons. The number of hydrogen-bond donors (Lipinski definition) is 0. The van der Waals surface area contributed by atoms with Crippen molar-refractivity contribution in [1.29, 1.82) is 0 Å². The first-order valence-electron chi connectivity index (χ1n) is 3.01. The third kappa shape index (κ3) is 3.59. The van der Waals surface area contributed by atoms with Gasteiger partial charge in [0.05, 0.1) is 6.61 Å². The van der Waals surface area contributed by atoms with Crippen LogP contribution in [-0.2, 0) is 4.74 Å². The van der Waals surface area contributed by atoms with Crippen LogP contribution >= 0.6 is 24.8 Å². The van der Waals surface area contributed by atoms with Gasteiger partial charge in [0.25, 0.3) is 0 Å². The summed E-state index contributed by atoms with van der Waals surface area (Å²) in [4.78, 5) is 10.8. The number of hydrogen-bond acceptors (Lipinski definition) is 3. The molecule has 4 nitrogen and oxygen atoms in total. The molecule has 12 heavy (non-hydrogen) atoms. The van der Waals surface area contributed by atoms with Crippen LogP contribution in [0.3, 0.4) is 0 Å². The van der Waals surface area contributed by atoms with Gasteiger partial charge in [0.1, 0.15) is 0 Å². The fourth-order valence-corrected chi connectivity index (χ4v) is 0.566. The van der Waals surface area contributed by atoms with E-state index in [0.717, 1.165) is 4.68 Å². The molecule has 0 aliphatic heterocycles. The van der Waals surface area contributed by atoms with Crippen molar-refractivity contribution in [3.05, 3.63) is 18.5 Å². The van der Waals surface area contributed by atoms with Crippen LogP contribution in [0.5, 0.6) is 0 Å². The monoisotopic (exact) mass is 212 g/mol. The lowest BCUT2D eigenvalue weighted by molar-refractivity contribution is 0.150. The summed E-state index contributed by atoms with van der Waals surface area (Å²) in [7, 11) is 0. The molecule has 0 fully saturated rings. The second-order valence-electron chi connectivity index (χ2n) is 1.65. The fourth-order valence-electron chi connectivity index (χ4n) is 0.566. The van der Waals surface area contributed by atoms with E-state index >= 15 is 0 Å². The maximum Gasteiger partial charge on any atom is 0.434 e. The standard InChI is InChI=1S/C6H8N2O2.2ClH/c1-2-10-6(9)8-5-3-4-7-8;;/h3-5H,2H2,1H3;2*1H. The van der Waals surface area contributed by atoms with Crippen LogP contribution in [0.25, 0.3) is 0 Å². The first kappa shape index (κ1) is 13.8. The predicted octanol–water partition coefficient (Wildman–Crippen LogP) is 1.73. The minimum absolute atomic E-state index is 0. The molecule has 0 saturated carbocycles. The van der Waals surface area contributed by atoms with Crippen molar-refractivity contribution in [1.82, 2.24) is 9.78 Å². The van der Waals surface area contributed by atoms with Gasteiger partial charge in [0.15, 0.2) is 0 Å². The third-order valence-electron chi connectivity index (χ3n) is 0.959. The number of carbonyl (C=O) groups is 1. The molecule has 0 N–H and O–H groups in total. The predicted molar refractivity (Wildman–Crippen MR) is 49.1 cm³/mol. The Kier molecular flexibility index (Phi) is 7.99. The normalized spacial score (nSPS) is 7.75. The summed E-state index contributed by atoms with van der Waals surface area (Å²) in [6.45, 7) is 2.13. The summed E-state index contributed by atoms with van der Waals surface area (Å²) in [6, 6.07) is 1.66. The maximum atomic E-state index is 10.8. The van der Waals surface area contributed by atoms with Crippen molar-refractivity contribution in [2.75, 3.05) is 6.61 Å². The van der Waals surface area contributed by atoms with Crippen LogP contribution in [0.15, 0.2) is 18.5 Å². The van der Waals surface area contributed by atoms with Gasteiger partial charge >= 0.3 is 6.09 Å². The molecule has 0 saturated heterocycles. The molecular formula is C6H10Cl2N2O2. The van der Waals surface area contributed by atoms with Crippen molar-refractivity contribution >= 4 is 30.9 Å². The Morgan fingerprint density at radius 2 is 2.25 bits per heavy atom. The highest BCUT2D eigenvalue weighted by Gasteiger charge is 2.01. The first-order chi connectivity index (χ1) is 4.84. The van der Waals surface area contributed by atoms with Crippen molar-refractivity contribution in [2.24, 2.45) is 0 Å². The van der Waals surface area contributed by atoms with Gasteiger partial charge in [-0.2, -0.15) is 9.78 Å². The Morgan fingerprint density at radius 1 is 1.58 bits per heavy atom. The molecule has 0 bridgehead atoms. The highest BCUT2D eigenvalue weighted by atomic mass is 35.5. The number of rotatable bonds is 1. The van der Waals surface area contributed by atoms with Gasteiger partial charge in [-0.15, -0.1) is 24.8 Å². The molecule has 0 aliphatic carbocycles. The van der Waals surface area contributed by atoms with E-state index in [0.29, 0.717) is 6.61 Å². The highest BCUT2D eigenvalue weighted by Crippen LogP contribution is 1.86. The molecule has 1 aromatic heterocycles. The number of ether oxygens (including phenoxy) is 1. The van der Waals surface area contributed by atoms with E-state index in [1.807, 2.05) is 0 Å². The van der Waals surface area contributed by atoms with Gasteiger partial charge in [0, 0.05) is 12.4 Å². The van der Waals surface area contributed by atoms with E-state index in [1.165, 1.54) is 12.4 Å². The lowest BCUT2D eigenvalue weighted by Gasteiger charge is -1.98. The van der Waals surface area contributed by atoms with Gasteiger partial charge in [-0.25, -0.2) is 4.79 Å². The van der Waals surface area contributed by atoms with E-state index in [2.05, 4.69) is 9.84 Å². The van der Waals surface area contributed by atoms with Gasteiger partial charge in [-0.3, -0.25) is 0 Å². The first-order valence-corrected chi connectivity index (χ1v) is 3.01. The van der Waals surface area contributed by atoms with E-state index in [9.17, 15) is 4.79 Å². The van der Waals surface area contributed by atoms with E-state index < -0.39 is 6.09 Å². The Morgan fingerprint density at radius 3 is 2.67 bits per heavy atom. The van der Waals surface area contributed by atoms with Crippen LogP contribution < -0.4 is 0 Å². The third-order valence-corrected chi connectivity index (χ3v) is 0.959. The molecule has 0 aromatic carbocycles. The number of aromatic nitrogens is 2. The lowest BCUT2D eigenvalue weighted by Crippen LogP contribution is -2.13. The molecule has 6 heteroatoms. The summed E-state index contributed by atoms with van der Waals surface area (Å²) >= 11 is 0. The summed E-state index contributed by atoms with van der Waals surface area (Å²) in [5, 5.41) is 3.68. The smallest absolute Gasteiger partial charge is 0.434 e. The zero-order chi connectivity index (χ0) is 7.40. The van der Waals surface area contributed by atoms with Crippen LogP contribution in [0.2, 0.25) is 0 Å². The fraction of sp³-hybridized carbons (Fsp3) is 0.333. The van der Waals surface area contributed by atoms with Crippen molar-refractivity contribution < 1.29 is 9.53 Å². The van der Waals surface area contributed by atoms with Crippen LogP contribution in [0, 0.1) is 0 Å². The minimum atomic E-state index is -0.437. The van der Waals surface area contributed by atoms with Gasteiger partial charge in [-0.05, 0) is 13.0 Å². The Bertz CT molecular complexity index is 213. The van der Waals surface area contributed by atoms with E-state index in [4.69, 9.17) is 0 Å². The molecule has 0 amide bonds. The molecule has 0 spiro atoms. The number of halogens is 2. The Labute approximate surface area is 82.7 Å². The van der Waals surface area contributed by atoms with E-state index in [1.54, 1.807) is 13.0 Å². The van der Waals surface area contributed by atoms with Crippen LogP contribution in [0.1, 0.15) is 6.92 Å². The average molecular weight is 213 g/mol. The Hall–Kier alpha value is -0.740. The lowest BCUT2D eigenvalue weighted by atomic mass is 10.7. The molecule has 0 unspecified atom stereocenters. The number of nitrogens with zero attached hydrogens (tertiary/aromatic N) is 2. The quantitative estimate of drug-likeness (QED) is 0.713. The molecule has 1 rings (SSSR count). The second kappa shape index (κ2) is 6.94. The average Bonchev–Trinajstić information content (AvgIpc) is 2.38. The molecule has 0 aliphatic rings. The zero-order valence-corrected chi connectivity index (χ0v) is 8.10.